The minimum atomic E-state index is 0.697. The number of imidazole rings is 1. The van der Waals surface area contributed by atoms with Gasteiger partial charge in [0.1, 0.15) is 0 Å². The summed E-state index contributed by atoms with van der Waals surface area (Å²) in [6, 6.07) is 37.7. The number of hydrogen-bond donors (Lipinski definition) is 0. The van der Waals surface area contributed by atoms with Gasteiger partial charge < -0.3 is 0 Å². The molecule has 0 aliphatic heterocycles. The lowest BCUT2D eigenvalue weighted by atomic mass is 9.94. The van der Waals surface area contributed by atoms with Gasteiger partial charge in [0.15, 0.2) is 0 Å². The van der Waals surface area contributed by atoms with Crippen molar-refractivity contribution >= 4 is 27.6 Å². The Bertz CT molecular complexity index is 1840. The first-order chi connectivity index (χ1) is 17.4. The van der Waals surface area contributed by atoms with Gasteiger partial charge >= 0.3 is 0 Å². The molecule has 0 radical (unpaired) electrons. The minimum Gasteiger partial charge on any atom is -0.276 e. The predicted molar refractivity (Wildman–Crippen MR) is 142 cm³/mol. The van der Waals surface area contributed by atoms with Crippen LogP contribution < -0.4 is 0 Å². The van der Waals surface area contributed by atoms with Crippen LogP contribution in [0.3, 0.4) is 0 Å². The Kier molecular flexibility index (Phi) is 4.42. The fourth-order valence-corrected chi connectivity index (χ4v) is 4.92. The molecule has 0 spiro atoms. The lowest BCUT2D eigenvalue weighted by molar-refractivity contribution is 1.14. The summed E-state index contributed by atoms with van der Waals surface area (Å²) in [5.41, 5.74) is 8.43. The van der Waals surface area contributed by atoms with E-state index in [1.807, 2.05) is 36.5 Å². The third kappa shape index (κ3) is 3.19. The number of rotatable bonds is 3. The maximum absolute atomic E-state index is 5.06. The van der Waals surface area contributed by atoms with E-state index < -0.39 is 0 Å². The normalized spacial score (nSPS) is 11.4. The van der Waals surface area contributed by atoms with Gasteiger partial charge in [-0.1, -0.05) is 84.9 Å². The van der Waals surface area contributed by atoms with Crippen LogP contribution in [0.2, 0.25) is 0 Å². The highest BCUT2D eigenvalue weighted by Gasteiger charge is 2.16. The quantitative estimate of drug-likeness (QED) is 0.282. The summed E-state index contributed by atoms with van der Waals surface area (Å²) in [4.78, 5) is 14.3. The first-order valence-electron chi connectivity index (χ1n) is 11.6. The second-order valence-corrected chi connectivity index (χ2v) is 8.58. The molecule has 7 aromatic rings. The summed E-state index contributed by atoms with van der Waals surface area (Å²) < 4.78 is 2.15. The molecule has 0 unspecified atom stereocenters. The Morgan fingerprint density at radius 2 is 1.29 bits per heavy atom. The third-order valence-electron chi connectivity index (χ3n) is 6.52. The van der Waals surface area contributed by atoms with Gasteiger partial charge in [0.2, 0.25) is 5.78 Å². The Balaban J connectivity index is 1.54. The SMILES string of the molecule is c1ccc(-c2cc(-c3ccc(-c4cccnc4)c4ccccc34)nc3nc4ccccc4n23)cc1. The Hall–Kier alpha value is -4.83. The largest absolute Gasteiger partial charge is 0.276 e. The van der Waals surface area contributed by atoms with E-state index in [0.29, 0.717) is 5.78 Å². The van der Waals surface area contributed by atoms with Crippen molar-refractivity contribution in [2.45, 2.75) is 0 Å². The van der Waals surface area contributed by atoms with Gasteiger partial charge in [0, 0.05) is 23.5 Å². The molecule has 7 rings (SSSR count). The molecule has 4 aromatic carbocycles. The molecule has 4 heteroatoms. The van der Waals surface area contributed by atoms with Crippen LogP contribution in [0.25, 0.3) is 61.2 Å². The second-order valence-electron chi connectivity index (χ2n) is 8.58. The van der Waals surface area contributed by atoms with Gasteiger partial charge in [-0.3, -0.25) is 9.38 Å². The number of fused-ring (bicyclic) bond motifs is 4. The van der Waals surface area contributed by atoms with Crippen molar-refractivity contribution < 1.29 is 0 Å². The van der Waals surface area contributed by atoms with E-state index in [1.54, 1.807) is 6.20 Å². The lowest BCUT2D eigenvalue weighted by Crippen LogP contribution is -1.98. The van der Waals surface area contributed by atoms with Gasteiger partial charge in [0.05, 0.1) is 22.4 Å². The van der Waals surface area contributed by atoms with Crippen molar-refractivity contribution in [1.82, 2.24) is 19.4 Å². The fourth-order valence-electron chi connectivity index (χ4n) is 4.92. The second kappa shape index (κ2) is 7.89. The number of aromatic nitrogens is 4. The van der Waals surface area contributed by atoms with Gasteiger partial charge in [-0.25, -0.2) is 9.97 Å². The maximum Gasteiger partial charge on any atom is 0.235 e. The van der Waals surface area contributed by atoms with Crippen LogP contribution >= 0.6 is 0 Å². The Morgan fingerprint density at radius 1 is 0.571 bits per heavy atom. The Morgan fingerprint density at radius 3 is 2.11 bits per heavy atom. The van der Waals surface area contributed by atoms with Gasteiger partial charge in [-0.2, -0.15) is 0 Å². The van der Waals surface area contributed by atoms with Crippen molar-refractivity contribution in [1.29, 1.82) is 0 Å². The Labute approximate surface area is 202 Å². The number of hydrogen-bond acceptors (Lipinski definition) is 3. The number of pyridine rings is 1. The first-order valence-corrected chi connectivity index (χ1v) is 11.6. The first kappa shape index (κ1) is 19.6. The van der Waals surface area contributed by atoms with E-state index >= 15 is 0 Å². The topological polar surface area (TPSA) is 43.1 Å². The molecule has 0 N–H and O–H groups in total. The summed E-state index contributed by atoms with van der Waals surface area (Å²) in [6.45, 7) is 0. The minimum absolute atomic E-state index is 0.697. The van der Waals surface area contributed by atoms with Gasteiger partial charge in [-0.05, 0) is 46.2 Å². The van der Waals surface area contributed by atoms with Gasteiger partial charge in [-0.15, -0.1) is 0 Å². The van der Waals surface area contributed by atoms with Crippen molar-refractivity contribution in [3.63, 3.8) is 0 Å². The van der Waals surface area contributed by atoms with E-state index in [-0.39, 0.29) is 0 Å². The molecule has 0 saturated heterocycles. The molecule has 3 aromatic heterocycles. The predicted octanol–water partition coefficient (Wildman–Crippen LogP) is 7.43. The number of nitrogens with zero attached hydrogens (tertiary/aromatic N) is 4. The van der Waals surface area contributed by atoms with Crippen LogP contribution in [-0.4, -0.2) is 19.4 Å². The van der Waals surface area contributed by atoms with Crippen molar-refractivity contribution in [2.24, 2.45) is 0 Å². The third-order valence-corrected chi connectivity index (χ3v) is 6.52. The van der Waals surface area contributed by atoms with Crippen LogP contribution in [0.5, 0.6) is 0 Å². The molecule has 164 valence electrons. The molecule has 35 heavy (non-hydrogen) atoms. The van der Waals surface area contributed by atoms with Crippen molar-refractivity contribution in [3.05, 3.63) is 122 Å². The highest BCUT2D eigenvalue weighted by atomic mass is 15.1. The molecule has 0 bridgehead atoms. The molecular weight excluding hydrogens is 428 g/mol. The number of para-hydroxylation sites is 2. The van der Waals surface area contributed by atoms with Crippen molar-refractivity contribution in [2.75, 3.05) is 0 Å². The zero-order valence-electron chi connectivity index (χ0n) is 18.8. The molecule has 0 aliphatic rings. The number of benzene rings is 4. The average molecular weight is 449 g/mol. The summed E-state index contributed by atoms with van der Waals surface area (Å²) in [7, 11) is 0. The van der Waals surface area contributed by atoms with Crippen LogP contribution in [-0.2, 0) is 0 Å². The van der Waals surface area contributed by atoms with Crippen molar-refractivity contribution in [3.8, 4) is 33.6 Å². The zero-order chi connectivity index (χ0) is 23.2. The standard InChI is InChI=1S/C31H20N4/c1-2-9-21(10-3-1)30-19-28(34-31-33-27-14-6-7-15-29(27)35(30)31)26-17-16-23(22-11-8-18-32-20-22)24-12-4-5-13-25(24)26/h1-20H. The molecular formula is C31H20N4. The molecule has 4 nitrogen and oxygen atoms in total. The van der Waals surface area contributed by atoms with Crippen LogP contribution in [0, 0.1) is 0 Å². The maximum atomic E-state index is 5.06. The monoisotopic (exact) mass is 448 g/mol. The van der Waals surface area contributed by atoms with E-state index in [1.165, 1.54) is 5.39 Å². The molecule has 0 amide bonds. The fraction of sp³-hybridized carbons (Fsp3) is 0. The van der Waals surface area contributed by atoms with Crippen LogP contribution in [0.15, 0.2) is 122 Å². The molecule has 0 fully saturated rings. The highest BCUT2D eigenvalue weighted by molar-refractivity contribution is 6.04. The van der Waals surface area contributed by atoms with E-state index in [4.69, 9.17) is 9.97 Å². The summed E-state index contributed by atoms with van der Waals surface area (Å²) in [5.74, 6) is 0.697. The summed E-state index contributed by atoms with van der Waals surface area (Å²) >= 11 is 0. The molecule has 0 atom stereocenters. The van der Waals surface area contributed by atoms with Crippen LogP contribution in [0.4, 0.5) is 0 Å². The zero-order valence-corrected chi connectivity index (χ0v) is 18.8. The molecule has 3 heterocycles. The molecule has 0 aliphatic carbocycles. The average Bonchev–Trinajstić information content (AvgIpc) is 3.31. The van der Waals surface area contributed by atoms with Gasteiger partial charge in [0.25, 0.3) is 0 Å². The van der Waals surface area contributed by atoms with E-state index in [9.17, 15) is 0 Å². The van der Waals surface area contributed by atoms with Crippen LogP contribution in [0.1, 0.15) is 0 Å². The lowest BCUT2D eigenvalue weighted by Gasteiger charge is -2.13. The summed E-state index contributed by atoms with van der Waals surface area (Å²) in [6.07, 6.45) is 3.72. The van der Waals surface area contributed by atoms with E-state index in [0.717, 1.165) is 50.1 Å². The molecule has 0 saturated carbocycles. The highest BCUT2D eigenvalue weighted by Crippen LogP contribution is 2.36. The van der Waals surface area contributed by atoms with E-state index in [2.05, 4.69) is 88.2 Å². The summed E-state index contributed by atoms with van der Waals surface area (Å²) in [5, 5.41) is 2.33. The smallest absolute Gasteiger partial charge is 0.235 e.